The van der Waals surface area contributed by atoms with E-state index >= 15 is 0 Å². The normalized spacial score (nSPS) is 18.6. The zero-order valence-electron chi connectivity index (χ0n) is 11.0. The Morgan fingerprint density at radius 3 is 2.84 bits per heavy atom. The van der Waals surface area contributed by atoms with Crippen LogP contribution in [0.5, 0.6) is 0 Å². The molecule has 0 bridgehead atoms. The van der Waals surface area contributed by atoms with Gasteiger partial charge in [0.05, 0.1) is 11.0 Å². The lowest BCUT2D eigenvalue weighted by Crippen LogP contribution is -2.21. The van der Waals surface area contributed by atoms with Gasteiger partial charge in [-0.15, -0.1) is 0 Å². The molecule has 3 rings (SSSR count). The molecule has 2 aromatic rings. The van der Waals surface area contributed by atoms with Crippen LogP contribution in [0.4, 0.5) is 0 Å². The number of hydrogen-bond acceptors (Lipinski definition) is 4. The van der Waals surface area contributed by atoms with Gasteiger partial charge in [0, 0.05) is 31.6 Å². The summed E-state index contributed by atoms with van der Waals surface area (Å²) < 4.78 is 5.39. The molecular weight excluding hydrogens is 238 g/mol. The van der Waals surface area contributed by atoms with Crippen LogP contribution in [0.3, 0.4) is 0 Å². The zero-order valence-corrected chi connectivity index (χ0v) is 11.0. The highest BCUT2D eigenvalue weighted by Gasteiger charge is 2.19. The highest BCUT2D eigenvalue weighted by Crippen LogP contribution is 2.28. The molecule has 0 spiro atoms. The van der Waals surface area contributed by atoms with Crippen LogP contribution in [0.1, 0.15) is 30.9 Å². The Bertz CT molecular complexity index is 547. The number of ether oxygens (including phenoxy) is 1. The van der Waals surface area contributed by atoms with Crippen molar-refractivity contribution in [3.63, 3.8) is 0 Å². The van der Waals surface area contributed by atoms with Crippen molar-refractivity contribution in [1.29, 1.82) is 0 Å². The molecule has 1 aromatic heterocycles. The van der Waals surface area contributed by atoms with Crippen molar-refractivity contribution in [2.45, 2.75) is 25.3 Å². The average Bonchev–Trinajstić information content (AvgIpc) is 2.47. The second-order valence-electron chi connectivity index (χ2n) is 5.17. The van der Waals surface area contributed by atoms with Gasteiger partial charge in [-0.25, -0.2) is 0 Å². The summed E-state index contributed by atoms with van der Waals surface area (Å²) >= 11 is 0. The molecule has 0 saturated carbocycles. The Hall–Kier alpha value is -1.52. The van der Waals surface area contributed by atoms with Crippen molar-refractivity contribution in [3.05, 3.63) is 36.2 Å². The van der Waals surface area contributed by atoms with E-state index < -0.39 is 0 Å². The van der Waals surface area contributed by atoms with Gasteiger partial charge in [0.2, 0.25) is 0 Å². The summed E-state index contributed by atoms with van der Waals surface area (Å²) in [5.74, 6) is 0.663. The Balaban J connectivity index is 1.82. The van der Waals surface area contributed by atoms with Crippen LogP contribution in [0.25, 0.3) is 11.0 Å². The largest absolute Gasteiger partial charge is 0.381 e. The first-order valence-corrected chi connectivity index (χ1v) is 6.87. The van der Waals surface area contributed by atoms with E-state index in [9.17, 15) is 0 Å². The molecule has 4 nitrogen and oxygen atoms in total. The van der Waals surface area contributed by atoms with E-state index in [2.05, 4.69) is 16.0 Å². The van der Waals surface area contributed by atoms with Crippen molar-refractivity contribution in [1.82, 2.24) is 9.97 Å². The first-order chi connectivity index (χ1) is 9.34. The van der Waals surface area contributed by atoms with E-state index in [0.29, 0.717) is 5.92 Å². The molecule has 1 fully saturated rings. The lowest BCUT2D eigenvalue weighted by Gasteiger charge is -2.25. The van der Waals surface area contributed by atoms with Gasteiger partial charge in [-0.2, -0.15) is 0 Å². The Labute approximate surface area is 113 Å². The second-order valence-corrected chi connectivity index (χ2v) is 5.17. The smallest absolute Gasteiger partial charge is 0.0934 e. The summed E-state index contributed by atoms with van der Waals surface area (Å²) in [6.07, 6.45) is 6.68. The van der Waals surface area contributed by atoms with Gasteiger partial charge in [0.15, 0.2) is 0 Å². The molecule has 0 radical (unpaired) electrons. The minimum Gasteiger partial charge on any atom is -0.381 e. The Kier molecular flexibility index (Phi) is 3.71. The molecule has 0 aliphatic carbocycles. The molecule has 2 heterocycles. The van der Waals surface area contributed by atoms with Gasteiger partial charge in [-0.3, -0.25) is 9.97 Å². The molecule has 1 saturated heterocycles. The highest BCUT2D eigenvalue weighted by molar-refractivity contribution is 5.77. The predicted octanol–water partition coefficient (Wildman–Crippen LogP) is 2.45. The monoisotopic (exact) mass is 257 g/mol. The number of rotatable bonds is 3. The van der Waals surface area contributed by atoms with Gasteiger partial charge in [-0.1, -0.05) is 12.1 Å². The first kappa shape index (κ1) is 12.5. The maximum Gasteiger partial charge on any atom is 0.0934 e. The standard InChI is InChI=1S/C15H19N3O/c16-13(10-11-4-8-19-9-5-11)12-2-1-3-14-15(12)18-7-6-17-14/h1-3,6-7,11,13H,4-5,8-10,16H2. The summed E-state index contributed by atoms with van der Waals surface area (Å²) in [6.45, 7) is 1.74. The maximum absolute atomic E-state index is 6.38. The van der Waals surface area contributed by atoms with Crippen LogP contribution in [-0.4, -0.2) is 23.2 Å². The number of hydrogen-bond donors (Lipinski definition) is 1. The minimum atomic E-state index is 0.0310. The molecule has 1 aromatic carbocycles. The number of aromatic nitrogens is 2. The van der Waals surface area contributed by atoms with Crippen LogP contribution in [0.15, 0.2) is 30.6 Å². The minimum absolute atomic E-state index is 0.0310. The van der Waals surface area contributed by atoms with Gasteiger partial charge in [-0.05, 0) is 36.8 Å². The van der Waals surface area contributed by atoms with Gasteiger partial charge in [0.25, 0.3) is 0 Å². The molecule has 1 aliphatic heterocycles. The van der Waals surface area contributed by atoms with E-state index in [0.717, 1.165) is 49.1 Å². The average molecular weight is 257 g/mol. The molecule has 1 aliphatic rings. The molecule has 100 valence electrons. The predicted molar refractivity (Wildman–Crippen MR) is 74.6 cm³/mol. The second kappa shape index (κ2) is 5.63. The van der Waals surface area contributed by atoms with Crippen molar-refractivity contribution in [2.75, 3.05) is 13.2 Å². The number of nitrogens with zero attached hydrogens (tertiary/aromatic N) is 2. The van der Waals surface area contributed by atoms with Crippen molar-refractivity contribution in [2.24, 2.45) is 11.7 Å². The third-order valence-electron chi connectivity index (χ3n) is 3.86. The zero-order chi connectivity index (χ0) is 13.1. The number of para-hydroxylation sites is 1. The lowest BCUT2D eigenvalue weighted by molar-refractivity contribution is 0.0619. The topological polar surface area (TPSA) is 61.0 Å². The number of nitrogens with two attached hydrogens (primary N) is 1. The highest BCUT2D eigenvalue weighted by atomic mass is 16.5. The summed E-state index contributed by atoms with van der Waals surface area (Å²) in [4.78, 5) is 8.76. The van der Waals surface area contributed by atoms with Crippen molar-refractivity contribution < 1.29 is 4.74 Å². The van der Waals surface area contributed by atoms with E-state index in [4.69, 9.17) is 10.5 Å². The van der Waals surface area contributed by atoms with Crippen LogP contribution in [0.2, 0.25) is 0 Å². The quantitative estimate of drug-likeness (QED) is 0.917. The maximum atomic E-state index is 6.38. The Morgan fingerprint density at radius 1 is 1.21 bits per heavy atom. The number of fused-ring (bicyclic) bond motifs is 1. The molecule has 0 amide bonds. The lowest BCUT2D eigenvalue weighted by atomic mass is 9.89. The molecular formula is C15H19N3O. The van der Waals surface area contributed by atoms with Crippen LogP contribution >= 0.6 is 0 Å². The molecule has 4 heteroatoms. The fraction of sp³-hybridized carbons (Fsp3) is 0.467. The van der Waals surface area contributed by atoms with Crippen LogP contribution in [-0.2, 0) is 4.74 Å². The van der Waals surface area contributed by atoms with Gasteiger partial charge < -0.3 is 10.5 Å². The summed E-state index contributed by atoms with van der Waals surface area (Å²) in [5, 5.41) is 0. The third kappa shape index (κ3) is 2.74. The van der Waals surface area contributed by atoms with E-state index in [1.807, 2.05) is 12.1 Å². The van der Waals surface area contributed by atoms with Crippen LogP contribution in [0, 0.1) is 5.92 Å². The molecule has 1 atom stereocenters. The summed E-state index contributed by atoms with van der Waals surface area (Å²) in [5.41, 5.74) is 9.35. The third-order valence-corrected chi connectivity index (χ3v) is 3.86. The van der Waals surface area contributed by atoms with E-state index in [-0.39, 0.29) is 6.04 Å². The molecule has 1 unspecified atom stereocenters. The fourth-order valence-corrected chi connectivity index (χ4v) is 2.78. The number of benzene rings is 1. The molecule has 19 heavy (non-hydrogen) atoms. The van der Waals surface area contributed by atoms with E-state index in [1.165, 1.54) is 0 Å². The van der Waals surface area contributed by atoms with Gasteiger partial charge >= 0.3 is 0 Å². The fourth-order valence-electron chi connectivity index (χ4n) is 2.78. The van der Waals surface area contributed by atoms with Gasteiger partial charge in [0.1, 0.15) is 0 Å². The van der Waals surface area contributed by atoms with Crippen molar-refractivity contribution >= 4 is 11.0 Å². The summed E-state index contributed by atoms with van der Waals surface area (Å²) in [7, 11) is 0. The first-order valence-electron chi connectivity index (χ1n) is 6.87. The van der Waals surface area contributed by atoms with E-state index in [1.54, 1.807) is 12.4 Å². The SMILES string of the molecule is NC(CC1CCOCC1)c1cccc2nccnc12. The Morgan fingerprint density at radius 2 is 2.00 bits per heavy atom. The van der Waals surface area contributed by atoms with Crippen molar-refractivity contribution in [3.8, 4) is 0 Å². The van der Waals surface area contributed by atoms with Crippen LogP contribution < -0.4 is 5.73 Å². The summed E-state index contributed by atoms with van der Waals surface area (Å²) in [6, 6.07) is 6.09. The molecule has 2 N–H and O–H groups in total.